The maximum Gasteiger partial charge on any atom is 0.00678 e. The number of hydrogen-bond acceptors (Lipinski definition) is 0. The predicted molar refractivity (Wildman–Crippen MR) is 28.8 cm³/mol. The summed E-state index contributed by atoms with van der Waals surface area (Å²) >= 11 is 0. The van der Waals surface area contributed by atoms with Crippen LogP contribution < -0.4 is 5.09 Å². The molecule has 0 amide bonds. The van der Waals surface area contributed by atoms with Crippen molar-refractivity contribution in [3.05, 3.63) is 0 Å². The first-order valence-electron chi connectivity index (χ1n) is 1.37. The Morgan fingerprint density at radius 1 is 1.60 bits per heavy atom. The van der Waals surface area contributed by atoms with Gasteiger partial charge in [0, 0.05) is 8.02 Å². The Balaban J connectivity index is 2.62. The molecule has 0 unspecified atom stereocenters. The lowest BCUT2D eigenvalue weighted by Gasteiger charge is -1.69. The number of nitrogens with one attached hydrogen (secondary N) is 1. The van der Waals surface area contributed by atoms with Crippen LogP contribution in [0.2, 0.25) is 0 Å². The van der Waals surface area contributed by atoms with E-state index in [9.17, 15) is 0 Å². The Labute approximate surface area is 35.6 Å². The highest BCUT2D eigenvalue weighted by molar-refractivity contribution is 7.82. The molecule has 0 aromatic heterocycles. The Hall–Kier alpha value is 0.560. The van der Waals surface area contributed by atoms with Crippen molar-refractivity contribution >= 4 is 15.9 Å². The minimum atomic E-state index is 1.30. The Morgan fingerprint density at radius 3 is 2.20 bits per heavy atom. The summed E-state index contributed by atoms with van der Waals surface area (Å²) in [6.07, 6.45) is 0. The van der Waals surface area contributed by atoms with Gasteiger partial charge < -0.3 is 0 Å². The molecule has 30 valence electrons. The third-order valence-electron chi connectivity index (χ3n) is 0.200. The highest BCUT2D eigenvalue weighted by Crippen LogP contribution is 2.02. The molecule has 0 atom stereocenters. The van der Waals surface area contributed by atoms with E-state index in [-0.39, 0.29) is 0 Å². The summed E-state index contributed by atoms with van der Waals surface area (Å²) in [5.41, 5.74) is 0. The third kappa shape index (κ3) is 4.56. The first-order chi connectivity index (χ1) is 2.41. The molecule has 0 aliphatic carbocycles. The zero-order valence-electron chi connectivity index (χ0n) is 3.39. The first-order valence-corrected chi connectivity index (χ1v) is 4.31. The van der Waals surface area contributed by atoms with Crippen LogP contribution in [0.3, 0.4) is 0 Å². The van der Waals surface area contributed by atoms with Crippen LogP contribution in [-0.2, 0) is 0 Å². The quantitative estimate of drug-likeness (QED) is 0.501. The molecule has 0 saturated carbocycles. The lowest BCUT2D eigenvalue weighted by molar-refractivity contribution is 1.30. The van der Waals surface area contributed by atoms with Crippen molar-refractivity contribution in [3.63, 3.8) is 0 Å². The van der Waals surface area contributed by atoms with Gasteiger partial charge in [-0.15, -0.1) is 0 Å². The van der Waals surface area contributed by atoms with Crippen molar-refractivity contribution in [1.29, 1.82) is 0 Å². The largest absolute Gasteiger partial charge is 0.271 e. The molecule has 0 bridgehead atoms. The molecule has 0 aliphatic rings. The number of hydrogen-bond donors (Lipinski definition) is 1. The van der Waals surface area contributed by atoms with Crippen LogP contribution in [0.25, 0.3) is 0 Å². The molecular weight excluding hydrogens is 100.0 g/mol. The van der Waals surface area contributed by atoms with Crippen molar-refractivity contribution in [2.75, 3.05) is 13.7 Å². The fourth-order valence-electron chi connectivity index (χ4n) is 0.100. The minimum Gasteiger partial charge on any atom is -0.271 e. The van der Waals surface area contributed by atoms with E-state index < -0.39 is 0 Å². The second-order valence-corrected chi connectivity index (χ2v) is 3.37. The van der Waals surface area contributed by atoms with Crippen molar-refractivity contribution in [2.45, 2.75) is 0 Å². The van der Waals surface area contributed by atoms with E-state index in [0.717, 1.165) is 0 Å². The van der Waals surface area contributed by atoms with Crippen molar-refractivity contribution < 1.29 is 0 Å². The van der Waals surface area contributed by atoms with E-state index in [4.69, 9.17) is 0 Å². The zero-order chi connectivity index (χ0) is 4.12. The van der Waals surface area contributed by atoms with E-state index >= 15 is 0 Å². The Morgan fingerprint density at radius 2 is 2.20 bits per heavy atom. The molecule has 0 fully saturated rings. The van der Waals surface area contributed by atoms with Crippen LogP contribution in [0.1, 0.15) is 0 Å². The SMILES string of the molecule is CNP=PC. The lowest BCUT2D eigenvalue weighted by atomic mass is 11.6. The van der Waals surface area contributed by atoms with Gasteiger partial charge in [0.15, 0.2) is 0 Å². The van der Waals surface area contributed by atoms with E-state index in [1.54, 1.807) is 0 Å². The van der Waals surface area contributed by atoms with Crippen LogP contribution in [-0.4, -0.2) is 13.7 Å². The lowest BCUT2D eigenvalue weighted by Crippen LogP contribution is -1.77. The monoisotopic (exact) mass is 107 g/mol. The van der Waals surface area contributed by atoms with Crippen molar-refractivity contribution in [1.82, 2.24) is 5.09 Å². The molecule has 0 aliphatic heterocycles. The molecule has 0 radical (unpaired) electrons. The molecule has 1 N–H and O–H groups in total. The molecule has 0 aromatic rings. The average molecular weight is 107 g/mol. The first kappa shape index (κ1) is 5.56. The van der Waals surface area contributed by atoms with Crippen molar-refractivity contribution in [2.24, 2.45) is 0 Å². The average Bonchev–Trinajstić information content (AvgIpc) is 1.41. The summed E-state index contributed by atoms with van der Waals surface area (Å²) < 4.78 is 0. The Bertz CT molecular complexity index is 34.6. The van der Waals surface area contributed by atoms with E-state index in [0.29, 0.717) is 0 Å². The zero-order valence-corrected chi connectivity index (χ0v) is 5.18. The van der Waals surface area contributed by atoms with Gasteiger partial charge in [0.05, 0.1) is 0 Å². The van der Waals surface area contributed by atoms with Crippen LogP contribution in [0, 0.1) is 0 Å². The smallest absolute Gasteiger partial charge is 0.00678 e. The normalized spacial score (nSPS) is 10.0. The second-order valence-electron chi connectivity index (χ2n) is 0.524. The maximum absolute atomic E-state index is 2.98. The maximum atomic E-state index is 2.98. The van der Waals surface area contributed by atoms with Crippen LogP contribution in [0.4, 0.5) is 0 Å². The fourth-order valence-corrected chi connectivity index (χ4v) is 0.900. The Kier molecular flexibility index (Phi) is 5.07. The van der Waals surface area contributed by atoms with E-state index in [1.165, 1.54) is 15.9 Å². The highest BCUT2D eigenvalue weighted by Gasteiger charge is 1.49. The van der Waals surface area contributed by atoms with Crippen LogP contribution in [0.5, 0.6) is 0 Å². The van der Waals surface area contributed by atoms with Gasteiger partial charge in [0.2, 0.25) is 0 Å². The van der Waals surface area contributed by atoms with Gasteiger partial charge in [-0.25, -0.2) is 0 Å². The molecule has 0 spiro atoms. The molecule has 3 heteroatoms. The van der Waals surface area contributed by atoms with Gasteiger partial charge in [-0.05, 0) is 13.7 Å². The molecule has 5 heavy (non-hydrogen) atoms. The topological polar surface area (TPSA) is 12.0 Å². The summed E-state index contributed by atoms with van der Waals surface area (Å²) in [5.74, 6) is 0. The van der Waals surface area contributed by atoms with Gasteiger partial charge in [0.1, 0.15) is 0 Å². The van der Waals surface area contributed by atoms with Crippen molar-refractivity contribution in [3.8, 4) is 0 Å². The van der Waals surface area contributed by atoms with Gasteiger partial charge in [-0.1, -0.05) is 7.87 Å². The second kappa shape index (κ2) is 4.56. The molecule has 0 rings (SSSR count). The molecule has 1 nitrogen and oxygen atoms in total. The molecule has 0 saturated heterocycles. The predicted octanol–water partition coefficient (Wildman–Crippen LogP) is 1.56. The van der Waals surface area contributed by atoms with Crippen LogP contribution in [0.15, 0.2) is 0 Å². The van der Waals surface area contributed by atoms with Gasteiger partial charge >= 0.3 is 0 Å². The standard InChI is InChI=1S/C2H7NP2/c1-3-5-4-2/h3H,1-2H3. The van der Waals surface area contributed by atoms with Gasteiger partial charge in [-0.2, -0.15) is 0 Å². The van der Waals surface area contributed by atoms with Crippen LogP contribution >= 0.6 is 15.9 Å². The summed E-state index contributed by atoms with van der Waals surface area (Å²) in [6, 6.07) is 0. The third-order valence-corrected chi connectivity index (χ3v) is 1.80. The van der Waals surface area contributed by atoms with E-state index in [1.807, 2.05) is 7.05 Å². The summed E-state index contributed by atoms with van der Waals surface area (Å²) in [6.45, 7) is 2.11. The summed E-state index contributed by atoms with van der Waals surface area (Å²) in [7, 11) is 4.64. The molecular formula is C2H7NP2. The summed E-state index contributed by atoms with van der Waals surface area (Å²) in [5, 5.41) is 2.98. The molecule has 0 heterocycles. The molecule has 0 aromatic carbocycles. The van der Waals surface area contributed by atoms with Gasteiger partial charge in [-0.3, -0.25) is 5.09 Å². The fraction of sp³-hybridized carbons (Fsp3) is 1.00. The van der Waals surface area contributed by atoms with E-state index in [2.05, 4.69) is 11.8 Å². The minimum absolute atomic E-state index is 1.30. The van der Waals surface area contributed by atoms with Gasteiger partial charge in [0.25, 0.3) is 0 Å². The number of rotatable bonds is 1. The summed E-state index contributed by atoms with van der Waals surface area (Å²) in [4.78, 5) is 0. The highest BCUT2D eigenvalue weighted by atomic mass is 31.7.